The molecule has 0 unspecified atom stereocenters. The first-order chi connectivity index (χ1) is 12.8. The van der Waals surface area contributed by atoms with Crippen molar-refractivity contribution >= 4 is 5.57 Å². The van der Waals surface area contributed by atoms with Crippen molar-refractivity contribution in [2.45, 2.75) is 53.4 Å². The van der Waals surface area contributed by atoms with Gasteiger partial charge >= 0.3 is 0 Å². The minimum atomic E-state index is -0.206. The maximum Gasteiger partial charge on any atom is 0.131 e. The number of ether oxygens (including phenoxy) is 1. The molecular formula is C25H31FO. The SMILES string of the molecule is COc1ccc(F)c(-c2ccc(CC(C)C)cc2C2=CCCCC2(C)C)c1. The second-order valence-electron chi connectivity index (χ2n) is 8.72. The second kappa shape index (κ2) is 7.88. The lowest BCUT2D eigenvalue weighted by atomic mass is 9.71. The van der Waals surface area contributed by atoms with Gasteiger partial charge in [-0.3, -0.25) is 0 Å². The highest BCUT2D eigenvalue weighted by molar-refractivity contribution is 5.84. The molecule has 2 aromatic carbocycles. The minimum absolute atomic E-state index is 0.0960. The molecule has 0 saturated carbocycles. The summed E-state index contributed by atoms with van der Waals surface area (Å²) in [5.74, 6) is 1.06. The van der Waals surface area contributed by atoms with Crippen LogP contribution in [0.3, 0.4) is 0 Å². The van der Waals surface area contributed by atoms with E-state index >= 15 is 0 Å². The molecule has 2 aromatic rings. The zero-order valence-electron chi connectivity index (χ0n) is 17.2. The van der Waals surface area contributed by atoms with Gasteiger partial charge in [0.2, 0.25) is 0 Å². The van der Waals surface area contributed by atoms with E-state index in [1.54, 1.807) is 13.2 Å². The van der Waals surface area contributed by atoms with Gasteiger partial charge in [0.05, 0.1) is 7.11 Å². The summed E-state index contributed by atoms with van der Waals surface area (Å²) in [5, 5.41) is 0. The summed E-state index contributed by atoms with van der Waals surface area (Å²) in [6, 6.07) is 11.5. The summed E-state index contributed by atoms with van der Waals surface area (Å²) in [5.41, 5.74) is 5.50. The molecule has 0 heterocycles. The van der Waals surface area contributed by atoms with Crippen LogP contribution in [0.25, 0.3) is 16.7 Å². The van der Waals surface area contributed by atoms with Crippen molar-refractivity contribution in [3.05, 3.63) is 59.4 Å². The van der Waals surface area contributed by atoms with E-state index in [-0.39, 0.29) is 11.2 Å². The van der Waals surface area contributed by atoms with Crippen LogP contribution < -0.4 is 4.74 Å². The highest BCUT2D eigenvalue weighted by Gasteiger charge is 2.29. The minimum Gasteiger partial charge on any atom is -0.497 e. The average molecular weight is 367 g/mol. The molecule has 0 aliphatic heterocycles. The Balaban J connectivity index is 2.21. The largest absolute Gasteiger partial charge is 0.497 e. The third-order valence-electron chi connectivity index (χ3n) is 5.57. The van der Waals surface area contributed by atoms with E-state index in [0.29, 0.717) is 17.2 Å². The van der Waals surface area contributed by atoms with E-state index in [2.05, 4.69) is 52.0 Å². The number of benzene rings is 2. The fourth-order valence-corrected chi connectivity index (χ4v) is 4.16. The average Bonchev–Trinajstić information content (AvgIpc) is 2.61. The van der Waals surface area contributed by atoms with Gasteiger partial charge in [-0.25, -0.2) is 4.39 Å². The van der Waals surface area contributed by atoms with E-state index < -0.39 is 0 Å². The predicted octanol–water partition coefficient (Wildman–Crippen LogP) is 7.29. The van der Waals surface area contributed by atoms with Gasteiger partial charge in [0.25, 0.3) is 0 Å². The molecule has 0 atom stereocenters. The van der Waals surface area contributed by atoms with Crippen molar-refractivity contribution in [2.24, 2.45) is 11.3 Å². The maximum atomic E-state index is 14.8. The molecular weight excluding hydrogens is 335 g/mol. The van der Waals surface area contributed by atoms with E-state index in [4.69, 9.17) is 4.74 Å². The van der Waals surface area contributed by atoms with Crippen LogP contribution in [0.2, 0.25) is 0 Å². The molecule has 0 fully saturated rings. The molecule has 1 aliphatic carbocycles. The first-order valence-corrected chi connectivity index (χ1v) is 9.99. The molecule has 2 heteroatoms. The van der Waals surface area contributed by atoms with Gasteiger partial charge < -0.3 is 4.74 Å². The Bertz CT molecular complexity index is 845. The van der Waals surface area contributed by atoms with Crippen molar-refractivity contribution in [3.8, 4) is 16.9 Å². The topological polar surface area (TPSA) is 9.23 Å². The van der Waals surface area contributed by atoms with E-state index in [1.807, 2.05) is 6.07 Å². The third-order valence-corrected chi connectivity index (χ3v) is 5.57. The van der Waals surface area contributed by atoms with E-state index in [0.717, 1.165) is 24.8 Å². The molecule has 3 rings (SSSR count). The van der Waals surface area contributed by atoms with E-state index in [1.165, 1.54) is 29.2 Å². The summed E-state index contributed by atoms with van der Waals surface area (Å²) in [4.78, 5) is 0. The van der Waals surface area contributed by atoms with Crippen LogP contribution in [0.15, 0.2) is 42.5 Å². The molecule has 144 valence electrons. The third kappa shape index (κ3) is 4.26. The highest BCUT2D eigenvalue weighted by atomic mass is 19.1. The number of rotatable bonds is 5. The van der Waals surface area contributed by atoms with Crippen LogP contribution in [-0.4, -0.2) is 7.11 Å². The number of hydrogen-bond donors (Lipinski definition) is 0. The van der Waals surface area contributed by atoms with Crippen LogP contribution >= 0.6 is 0 Å². The van der Waals surface area contributed by atoms with Crippen molar-refractivity contribution in [1.82, 2.24) is 0 Å². The highest BCUT2D eigenvalue weighted by Crippen LogP contribution is 2.46. The fourth-order valence-electron chi connectivity index (χ4n) is 4.16. The molecule has 0 aromatic heterocycles. The maximum absolute atomic E-state index is 14.8. The molecule has 1 aliphatic rings. The summed E-state index contributed by atoms with van der Waals surface area (Å²) < 4.78 is 20.1. The lowest BCUT2D eigenvalue weighted by Crippen LogP contribution is -2.18. The number of hydrogen-bond acceptors (Lipinski definition) is 1. The van der Waals surface area contributed by atoms with Crippen LogP contribution in [-0.2, 0) is 6.42 Å². The lowest BCUT2D eigenvalue weighted by Gasteiger charge is -2.33. The Morgan fingerprint density at radius 2 is 1.81 bits per heavy atom. The fraction of sp³-hybridized carbons (Fsp3) is 0.440. The quantitative estimate of drug-likeness (QED) is 0.539. The molecule has 1 nitrogen and oxygen atoms in total. The van der Waals surface area contributed by atoms with Gasteiger partial charge in [0.15, 0.2) is 0 Å². The smallest absolute Gasteiger partial charge is 0.131 e. The molecule has 0 spiro atoms. The van der Waals surface area contributed by atoms with Gasteiger partial charge in [-0.15, -0.1) is 0 Å². The molecule has 0 radical (unpaired) electrons. The van der Waals surface area contributed by atoms with Gasteiger partial charge in [-0.05, 0) is 77.5 Å². The van der Waals surface area contributed by atoms with E-state index in [9.17, 15) is 4.39 Å². The Morgan fingerprint density at radius 1 is 1.04 bits per heavy atom. The molecule has 0 N–H and O–H groups in total. The van der Waals surface area contributed by atoms with Gasteiger partial charge in [0, 0.05) is 5.56 Å². The van der Waals surface area contributed by atoms with Crippen LogP contribution in [0.4, 0.5) is 4.39 Å². The Labute approximate surface area is 163 Å². The summed E-state index contributed by atoms with van der Waals surface area (Å²) in [6.45, 7) is 9.08. The monoisotopic (exact) mass is 366 g/mol. The Hall–Kier alpha value is -2.09. The van der Waals surface area contributed by atoms with Crippen molar-refractivity contribution in [1.29, 1.82) is 0 Å². The first kappa shape index (κ1) is 19.7. The molecule has 0 amide bonds. The van der Waals surface area contributed by atoms with Crippen LogP contribution in [0, 0.1) is 17.2 Å². The Kier molecular flexibility index (Phi) is 5.74. The standard InChI is InChI=1S/C25H31FO/c1-17(2)14-18-9-11-20(22-16-19(27-5)10-12-24(22)26)21(15-18)23-8-6-7-13-25(23,3)4/h8-12,15-17H,6-7,13-14H2,1-5H3. The number of halogens is 1. The van der Waals surface area contributed by atoms with Crippen molar-refractivity contribution < 1.29 is 9.13 Å². The van der Waals surface area contributed by atoms with Crippen LogP contribution in [0.5, 0.6) is 5.75 Å². The predicted molar refractivity (Wildman–Crippen MR) is 113 cm³/mol. The first-order valence-electron chi connectivity index (χ1n) is 9.99. The van der Waals surface area contributed by atoms with Crippen LogP contribution in [0.1, 0.15) is 58.1 Å². The molecule has 27 heavy (non-hydrogen) atoms. The molecule has 0 saturated heterocycles. The zero-order valence-corrected chi connectivity index (χ0v) is 17.2. The van der Waals surface area contributed by atoms with Gasteiger partial charge in [-0.1, -0.05) is 52.0 Å². The number of allylic oxidation sites excluding steroid dienone is 2. The summed E-state index contributed by atoms with van der Waals surface area (Å²) >= 11 is 0. The zero-order chi connectivity index (χ0) is 19.6. The summed E-state index contributed by atoms with van der Waals surface area (Å²) in [7, 11) is 1.62. The second-order valence-corrected chi connectivity index (χ2v) is 8.72. The summed E-state index contributed by atoms with van der Waals surface area (Å²) in [6.07, 6.45) is 6.85. The van der Waals surface area contributed by atoms with Crippen molar-refractivity contribution in [3.63, 3.8) is 0 Å². The van der Waals surface area contributed by atoms with Gasteiger partial charge in [-0.2, -0.15) is 0 Å². The Morgan fingerprint density at radius 3 is 2.48 bits per heavy atom. The van der Waals surface area contributed by atoms with Gasteiger partial charge in [0.1, 0.15) is 11.6 Å². The lowest BCUT2D eigenvalue weighted by molar-refractivity contribution is 0.414. The normalized spacial score (nSPS) is 16.3. The number of methoxy groups -OCH3 is 1. The molecule has 0 bridgehead atoms. The van der Waals surface area contributed by atoms with Crippen molar-refractivity contribution in [2.75, 3.05) is 7.11 Å².